The molecule has 2 aromatic rings. The number of halogens is 2. The Balaban J connectivity index is 2.13. The number of para-hydroxylation sites is 1. The van der Waals surface area contributed by atoms with E-state index in [1.54, 1.807) is 36.4 Å². The summed E-state index contributed by atoms with van der Waals surface area (Å²) < 4.78 is 18.4. The Kier molecular flexibility index (Phi) is 3.95. The van der Waals surface area contributed by atoms with Crippen molar-refractivity contribution in [3.63, 3.8) is 0 Å². The molecule has 0 bridgehead atoms. The van der Waals surface area contributed by atoms with Gasteiger partial charge in [-0.05, 0) is 41.4 Å². The number of hydrogen-bond acceptors (Lipinski definition) is 2. The highest BCUT2D eigenvalue weighted by Crippen LogP contribution is 2.21. The minimum absolute atomic E-state index is 0.180. The summed E-state index contributed by atoms with van der Waals surface area (Å²) in [5, 5.41) is -0.579. The number of ether oxygens (including phenoxy) is 1. The van der Waals surface area contributed by atoms with Crippen molar-refractivity contribution in [2.24, 2.45) is 0 Å². The van der Waals surface area contributed by atoms with E-state index in [1.807, 2.05) is 0 Å². The zero-order valence-electron chi connectivity index (χ0n) is 9.40. The summed E-state index contributed by atoms with van der Waals surface area (Å²) in [4.78, 5) is 11.2. The van der Waals surface area contributed by atoms with E-state index in [2.05, 4.69) is 0 Å². The highest BCUT2D eigenvalue weighted by atomic mass is 35.5. The van der Waals surface area contributed by atoms with Gasteiger partial charge < -0.3 is 4.74 Å². The number of hydrogen-bond donors (Lipinski definition) is 0. The van der Waals surface area contributed by atoms with E-state index < -0.39 is 5.24 Å². The van der Waals surface area contributed by atoms with Crippen LogP contribution in [-0.2, 0) is 6.61 Å². The zero-order valence-corrected chi connectivity index (χ0v) is 10.2. The lowest BCUT2D eigenvalue weighted by Crippen LogP contribution is -2.00. The SMILES string of the molecule is O=C(Cl)c1ccccc1OCc1cccc(F)c1. The van der Waals surface area contributed by atoms with Gasteiger partial charge in [0.1, 0.15) is 18.2 Å². The van der Waals surface area contributed by atoms with Gasteiger partial charge >= 0.3 is 0 Å². The van der Waals surface area contributed by atoms with Gasteiger partial charge in [-0.2, -0.15) is 0 Å². The van der Waals surface area contributed by atoms with Crippen molar-refractivity contribution < 1.29 is 13.9 Å². The lowest BCUT2D eigenvalue weighted by molar-refractivity contribution is 0.107. The van der Waals surface area contributed by atoms with Crippen LogP contribution < -0.4 is 4.74 Å². The molecule has 2 nitrogen and oxygen atoms in total. The third-order valence-electron chi connectivity index (χ3n) is 2.38. The van der Waals surface area contributed by atoms with E-state index in [-0.39, 0.29) is 12.4 Å². The number of benzene rings is 2. The van der Waals surface area contributed by atoms with Gasteiger partial charge in [0.05, 0.1) is 5.56 Å². The Morgan fingerprint density at radius 3 is 2.67 bits per heavy atom. The van der Waals surface area contributed by atoms with E-state index in [4.69, 9.17) is 16.3 Å². The number of carbonyl (C=O) groups is 1. The third kappa shape index (κ3) is 3.08. The molecule has 2 aromatic carbocycles. The molecule has 0 amide bonds. The summed E-state index contributed by atoms with van der Waals surface area (Å²) in [7, 11) is 0. The summed E-state index contributed by atoms with van der Waals surface area (Å²) in [6, 6.07) is 12.8. The molecule has 18 heavy (non-hydrogen) atoms. The molecular weight excluding hydrogens is 255 g/mol. The third-order valence-corrected chi connectivity index (χ3v) is 2.59. The molecule has 0 saturated heterocycles. The fourth-order valence-corrected chi connectivity index (χ4v) is 1.70. The average molecular weight is 265 g/mol. The molecule has 0 spiro atoms. The van der Waals surface area contributed by atoms with Crippen LogP contribution in [0.5, 0.6) is 5.75 Å². The minimum Gasteiger partial charge on any atom is -0.488 e. The lowest BCUT2D eigenvalue weighted by atomic mass is 10.2. The zero-order chi connectivity index (χ0) is 13.0. The molecule has 0 radical (unpaired) electrons. The molecule has 0 aliphatic rings. The lowest BCUT2D eigenvalue weighted by Gasteiger charge is -2.09. The maximum absolute atomic E-state index is 13.0. The maximum atomic E-state index is 13.0. The summed E-state index contributed by atoms with van der Waals surface area (Å²) in [6.45, 7) is 0.180. The smallest absolute Gasteiger partial charge is 0.256 e. The standard InChI is InChI=1S/C14H10ClFO2/c15-14(17)12-6-1-2-7-13(12)18-9-10-4-3-5-11(16)8-10/h1-8H,9H2. The van der Waals surface area contributed by atoms with Crippen molar-refractivity contribution in [3.8, 4) is 5.75 Å². The summed E-state index contributed by atoms with van der Waals surface area (Å²) in [6.07, 6.45) is 0. The first-order valence-corrected chi connectivity index (χ1v) is 5.71. The van der Waals surface area contributed by atoms with Gasteiger partial charge in [-0.15, -0.1) is 0 Å². The predicted octanol–water partition coefficient (Wildman–Crippen LogP) is 3.78. The van der Waals surface area contributed by atoms with E-state index in [0.717, 1.165) is 0 Å². The van der Waals surface area contributed by atoms with Crippen molar-refractivity contribution in [1.29, 1.82) is 0 Å². The van der Waals surface area contributed by atoms with E-state index in [0.29, 0.717) is 16.9 Å². The van der Waals surface area contributed by atoms with E-state index >= 15 is 0 Å². The highest BCUT2D eigenvalue weighted by molar-refractivity contribution is 6.68. The van der Waals surface area contributed by atoms with Gasteiger partial charge in [0.2, 0.25) is 0 Å². The second-order valence-corrected chi connectivity index (χ2v) is 4.03. The normalized spacial score (nSPS) is 10.1. The molecule has 0 unspecified atom stereocenters. The van der Waals surface area contributed by atoms with Gasteiger partial charge in [0.15, 0.2) is 0 Å². The first kappa shape index (κ1) is 12.6. The summed E-state index contributed by atoms with van der Waals surface area (Å²) in [5.41, 5.74) is 0.988. The first-order chi connectivity index (χ1) is 8.66. The topological polar surface area (TPSA) is 26.3 Å². The van der Waals surface area contributed by atoms with Crippen molar-refractivity contribution in [3.05, 3.63) is 65.5 Å². The average Bonchev–Trinajstić information content (AvgIpc) is 2.37. The molecule has 2 rings (SSSR count). The van der Waals surface area contributed by atoms with Crippen molar-refractivity contribution >= 4 is 16.8 Å². The maximum Gasteiger partial charge on any atom is 0.256 e. The van der Waals surface area contributed by atoms with Gasteiger partial charge in [-0.3, -0.25) is 4.79 Å². The van der Waals surface area contributed by atoms with Gasteiger partial charge in [0.25, 0.3) is 5.24 Å². The number of rotatable bonds is 4. The Morgan fingerprint density at radius 2 is 1.94 bits per heavy atom. The second-order valence-electron chi connectivity index (χ2n) is 3.69. The Labute approximate surface area is 109 Å². The van der Waals surface area contributed by atoms with Crippen LogP contribution in [0.25, 0.3) is 0 Å². The fraction of sp³-hybridized carbons (Fsp3) is 0.0714. The van der Waals surface area contributed by atoms with Crippen molar-refractivity contribution in [2.75, 3.05) is 0 Å². The fourth-order valence-electron chi connectivity index (χ4n) is 1.54. The second kappa shape index (κ2) is 5.65. The largest absolute Gasteiger partial charge is 0.488 e. The van der Waals surface area contributed by atoms with Crippen LogP contribution in [0, 0.1) is 5.82 Å². The molecule has 0 heterocycles. The van der Waals surface area contributed by atoms with Crippen LogP contribution in [0.3, 0.4) is 0 Å². The van der Waals surface area contributed by atoms with Crippen LogP contribution in [0.15, 0.2) is 48.5 Å². The van der Waals surface area contributed by atoms with Crippen LogP contribution in [0.4, 0.5) is 4.39 Å². The van der Waals surface area contributed by atoms with Gasteiger partial charge in [0, 0.05) is 0 Å². The molecule has 0 saturated carbocycles. The Hall–Kier alpha value is -1.87. The molecule has 0 fully saturated rings. The van der Waals surface area contributed by atoms with E-state index in [1.165, 1.54) is 12.1 Å². The first-order valence-electron chi connectivity index (χ1n) is 5.33. The quantitative estimate of drug-likeness (QED) is 0.786. The Bertz CT molecular complexity index is 569. The molecule has 0 aromatic heterocycles. The van der Waals surface area contributed by atoms with Gasteiger partial charge in [-0.1, -0.05) is 24.3 Å². The molecule has 0 aliphatic carbocycles. The van der Waals surface area contributed by atoms with Crippen molar-refractivity contribution in [1.82, 2.24) is 0 Å². The molecule has 92 valence electrons. The van der Waals surface area contributed by atoms with Gasteiger partial charge in [-0.25, -0.2) is 4.39 Å². The molecule has 0 N–H and O–H groups in total. The molecular formula is C14H10ClFO2. The summed E-state index contributed by atoms with van der Waals surface area (Å²) >= 11 is 5.44. The van der Waals surface area contributed by atoms with Crippen molar-refractivity contribution in [2.45, 2.75) is 6.61 Å². The van der Waals surface area contributed by atoms with Crippen LogP contribution >= 0.6 is 11.6 Å². The number of carbonyl (C=O) groups excluding carboxylic acids is 1. The van der Waals surface area contributed by atoms with Crippen LogP contribution in [0.2, 0.25) is 0 Å². The van der Waals surface area contributed by atoms with Crippen LogP contribution in [-0.4, -0.2) is 5.24 Å². The monoisotopic (exact) mass is 264 g/mol. The Morgan fingerprint density at radius 1 is 1.17 bits per heavy atom. The molecule has 0 atom stereocenters. The molecule has 4 heteroatoms. The minimum atomic E-state index is -0.579. The van der Waals surface area contributed by atoms with E-state index in [9.17, 15) is 9.18 Å². The molecule has 0 aliphatic heterocycles. The van der Waals surface area contributed by atoms with Crippen LogP contribution in [0.1, 0.15) is 15.9 Å². The highest BCUT2D eigenvalue weighted by Gasteiger charge is 2.09. The predicted molar refractivity (Wildman–Crippen MR) is 67.4 cm³/mol. The summed E-state index contributed by atoms with van der Waals surface area (Å²) in [5.74, 6) is 0.0690.